The first-order valence-electron chi connectivity index (χ1n) is 5.52. The highest BCUT2D eigenvalue weighted by Gasteiger charge is 2.25. The lowest BCUT2D eigenvalue weighted by Gasteiger charge is -2.23. The Kier molecular flexibility index (Phi) is 3.89. The molecule has 2 rings (SSSR count). The third-order valence-corrected chi connectivity index (χ3v) is 4.73. The molecule has 1 unspecified atom stereocenters. The summed E-state index contributed by atoms with van der Waals surface area (Å²) in [6.07, 6.45) is 0.825. The Morgan fingerprint density at radius 1 is 1.33 bits per heavy atom. The maximum absolute atomic E-state index is 12.1. The second-order valence-corrected chi connectivity index (χ2v) is 6.18. The lowest BCUT2D eigenvalue weighted by molar-refractivity contribution is -0.122. The van der Waals surface area contributed by atoms with Crippen molar-refractivity contribution in [3.63, 3.8) is 0 Å². The monoisotopic (exact) mass is 288 g/mol. The number of sulfonamides is 1. The maximum Gasteiger partial charge on any atom is 0.242 e. The van der Waals surface area contributed by atoms with Gasteiger partial charge in [-0.25, -0.2) is 13.1 Å². The third-order valence-electron chi connectivity index (χ3n) is 2.71. The fraction of sp³-hybridized carbons (Fsp3) is 0.364. The fourth-order valence-electron chi connectivity index (χ4n) is 1.78. The van der Waals surface area contributed by atoms with Crippen LogP contribution in [0.15, 0.2) is 29.2 Å². The molecule has 0 bridgehead atoms. The minimum Gasteiger partial charge on any atom is -0.355 e. The van der Waals surface area contributed by atoms with Crippen LogP contribution < -0.4 is 10.0 Å². The first-order chi connectivity index (χ1) is 8.49. The molecule has 1 aliphatic heterocycles. The van der Waals surface area contributed by atoms with Crippen LogP contribution in [0.1, 0.15) is 12.8 Å². The van der Waals surface area contributed by atoms with Crippen LogP contribution in [0.4, 0.5) is 0 Å². The molecule has 5 nitrogen and oxygen atoms in total. The highest BCUT2D eigenvalue weighted by Crippen LogP contribution is 2.21. The summed E-state index contributed by atoms with van der Waals surface area (Å²) in [5.41, 5.74) is 0. The van der Waals surface area contributed by atoms with Gasteiger partial charge in [-0.15, -0.1) is 0 Å². The van der Waals surface area contributed by atoms with E-state index in [1.165, 1.54) is 12.1 Å². The average molecular weight is 289 g/mol. The molecule has 1 aromatic rings. The molecule has 18 heavy (non-hydrogen) atoms. The summed E-state index contributed by atoms with van der Waals surface area (Å²) in [7, 11) is -3.64. The minimum atomic E-state index is -3.64. The molecule has 1 atom stereocenters. The fourth-order valence-corrected chi connectivity index (χ4v) is 3.57. The van der Waals surface area contributed by atoms with Crippen LogP contribution in [-0.4, -0.2) is 26.9 Å². The van der Waals surface area contributed by atoms with Crippen molar-refractivity contribution in [1.82, 2.24) is 10.0 Å². The van der Waals surface area contributed by atoms with Crippen molar-refractivity contribution < 1.29 is 13.2 Å². The molecule has 0 radical (unpaired) electrons. The lowest BCUT2D eigenvalue weighted by Crippen LogP contribution is -2.47. The normalized spacial score (nSPS) is 20.5. The van der Waals surface area contributed by atoms with Crippen LogP contribution in [0.25, 0.3) is 0 Å². The molecule has 1 aromatic carbocycles. The zero-order valence-electron chi connectivity index (χ0n) is 9.52. The van der Waals surface area contributed by atoms with E-state index in [4.69, 9.17) is 11.6 Å². The topological polar surface area (TPSA) is 75.3 Å². The second-order valence-electron chi connectivity index (χ2n) is 4.09. The first kappa shape index (κ1) is 13.3. The van der Waals surface area contributed by atoms with Crippen molar-refractivity contribution in [3.8, 4) is 0 Å². The summed E-state index contributed by atoms with van der Waals surface area (Å²) in [5.74, 6) is -0.0526. The highest BCUT2D eigenvalue weighted by atomic mass is 35.5. The Hall–Kier alpha value is -1.11. The standard InChI is InChI=1S/C11H13ClN2O3S/c12-9-3-1-2-4-10(9)18(16,17)14-8-5-6-11(15)13-7-8/h1-4,8,14H,5-7H2,(H,13,15). The Labute approximate surface area is 111 Å². The Balaban J connectivity index is 2.13. The van der Waals surface area contributed by atoms with Crippen LogP contribution in [0, 0.1) is 0 Å². The van der Waals surface area contributed by atoms with Gasteiger partial charge in [0.25, 0.3) is 0 Å². The third kappa shape index (κ3) is 3.01. The smallest absolute Gasteiger partial charge is 0.242 e. The number of carbonyl (C=O) groups is 1. The van der Waals surface area contributed by atoms with Crippen molar-refractivity contribution in [3.05, 3.63) is 29.3 Å². The van der Waals surface area contributed by atoms with Crippen LogP contribution in [0.3, 0.4) is 0 Å². The summed E-state index contributed by atoms with van der Waals surface area (Å²) in [6, 6.07) is 5.97. The van der Waals surface area contributed by atoms with Crippen molar-refractivity contribution in [2.24, 2.45) is 0 Å². The number of nitrogens with one attached hydrogen (secondary N) is 2. The number of amides is 1. The van der Waals surface area contributed by atoms with E-state index < -0.39 is 10.0 Å². The van der Waals surface area contributed by atoms with E-state index in [1.807, 2.05) is 0 Å². The van der Waals surface area contributed by atoms with Gasteiger partial charge < -0.3 is 5.32 Å². The zero-order valence-corrected chi connectivity index (χ0v) is 11.1. The predicted molar refractivity (Wildman–Crippen MR) is 67.8 cm³/mol. The van der Waals surface area contributed by atoms with Crippen molar-refractivity contribution in [1.29, 1.82) is 0 Å². The van der Waals surface area contributed by atoms with E-state index in [1.54, 1.807) is 12.1 Å². The van der Waals surface area contributed by atoms with E-state index >= 15 is 0 Å². The molecule has 0 saturated carbocycles. The zero-order chi connectivity index (χ0) is 13.2. The van der Waals surface area contributed by atoms with E-state index in [0.717, 1.165) is 0 Å². The predicted octanol–water partition coefficient (Wildman–Crippen LogP) is 0.897. The summed E-state index contributed by atoms with van der Waals surface area (Å²) in [5, 5.41) is 2.81. The van der Waals surface area contributed by atoms with Gasteiger partial charge >= 0.3 is 0 Å². The average Bonchev–Trinajstić information content (AvgIpc) is 2.32. The van der Waals surface area contributed by atoms with Crippen molar-refractivity contribution in [2.75, 3.05) is 6.54 Å². The van der Waals surface area contributed by atoms with Crippen molar-refractivity contribution >= 4 is 27.5 Å². The summed E-state index contributed by atoms with van der Waals surface area (Å²) >= 11 is 5.86. The molecular weight excluding hydrogens is 276 g/mol. The van der Waals surface area contributed by atoms with Gasteiger partial charge in [-0.05, 0) is 18.6 Å². The molecule has 0 aromatic heterocycles. The van der Waals surface area contributed by atoms with E-state index in [-0.39, 0.29) is 21.9 Å². The van der Waals surface area contributed by atoms with Crippen LogP contribution in [0.5, 0.6) is 0 Å². The molecule has 0 aliphatic carbocycles. The molecule has 2 N–H and O–H groups in total. The molecule has 1 fully saturated rings. The number of halogens is 1. The quantitative estimate of drug-likeness (QED) is 0.868. The first-order valence-corrected chi connectivity index (χ1v) is 7.39. The molecular formula is C11H13ClN2O3S. The minimum absolute atomic E-state index is 0.0526. The summed E-state index contributed by atoms with van der Waals surface area (Å²) < 4.78 is 26.7. The van der Waals surface area contributed by atoms with Gasteiger partial charge in [0, 0.05) is 19.0 Å². The second kappa shape index (κ2) is 5.26. The van der Waals surface area contributed by atoms with E-state index in [2.05, 4.69) is 10.0 Å². The number of hydrogen-bond donors (Lipinski definition) is 2. The van der Waals surface area contributed by atoms with Gasteiger partial charge in [-0.1, -0.05) is 23.7 Å². The molecule has 1 amide bonds. The van der Waals surface area contributed by atoms with Gasteiger partial charge in [0.2, 0.25) is 15.9 Å². The van der Waals surface area contributed by atoms with Gasteiger partial charge in [0.15, 0.2) is 0 Å². The van der Waals surface area contributed by atoms with Gasteiger partial charge in [0.05, 0.1) is 5.02 Å². The number of piperidine rings is 1. The largest absolute Gasteiger partial charge is 0.355 e. The number of benzene rings is 1. The van der Waals surface area contributed by atoms with Crippen molar-refractivity contribution in [2.45, 2.75) is 23.8 Å². The molecule has 0 spiro atoms. The van der Waals surface area contributed by atoms with Crippen LogP contribution in [-0.2, 0) is 14.8 Å². The molecule has 1 saturated heterocycles. The number of rotatable bonds is 3. The van der Waals surface area contributed by atoms with Crippen LogP contribution >= 0.6 is 11.6 Å². The van der Waals surface area contributed by atoms with Gasteiger partial charge in [0.1, 0.15) is 4.90 Å². The Bertz CT molecular complexity index is 549. The molecule has 1 heterocycles. The maximum atomic E-state index is 12.1. The SMILES string of the molecule is O=C1CCC(NS(=O)(=O)c2ccccc2Cl)CN1. The Morgan fingerprint density at radius 3 is 2.67 bits per heavy atom. The van der Waals surface area contributed by atoms with Gasteiger partial charge in [-0.3, -0.25) is 4.79 Å². The summed E-state index contributed by atoms with van der Waals surface area (Å²) in [6.45, 7) is 0.308. The molecule has 7 heteroatoms. The molecule has 1 aliphatic rings. The van der Waals surface area contributed by atoms with Gasteiger partial charge in [-0.2, -0.15) is 0 Å². The van der Waals surface area contributed by atoms with E-state index in [0.29, 0.717) is 19.4 Å². The Morgan fingerprint density at radius 2 is 2.06 bits per heavy atom. The highest BCUT2D eigenvalue weighted by molar-refractivity contribution is 7.89. The number of carbonyl (C=O) groups excluding carboxylic acids is 1. The van der Waals surface area contributed by atoms with Crippen LogP contribution in [0.2, 0.25) is 5.02 Å². The molecule has 98 valence electrons. The van der Waals surface area contributed by atoms with E-state index in [9.17, 15) is 13.2 Å². The number of hydrogen-bond acceptors (Lipinski definition) is 3. The lowest BCUT2D eigenvalue weighted by atomic mass is 10.1. The summed E-state index contributed by atoms with van der Waals surface area (Å²) in [4.78, 5) is 11.0.